The summed E-state index contributed by atoms with van der Waals surface area (Å²) < 4.78 is 17.1. The minimum absolute atomic E-state index is 0.0286. The average molecular weight is 433 g/mol. The Balaban J connectivity index is 1.83. The minimum atomic E-state index is -0.813. The molecule has 1 aliphatic heterocycles. The molecule has 5 heteroatoms. The van der Waals surface area contributed by atoms with E-state index in [1.807, 2.05) is 0 Å². The number of esters is 1. The Morgan fingerprint density at radius 1 is 1.13 bits per heavy atom. The van der Waals surface area contributed by atoms with Crippen molar-refractivity contribution in [1.29, 1.82) is 0 Å². The molecule has 0 N–H and O–H groups in total. The van der Waals surface area contributed by atoms with Gasteiger partial charge in [-0.05, 0) is 45.4 Å². The zero-order valence-corrected chi connectivity index (χ0v) is 19.3. The summed E-state index contributed by atoms with van der Waals surface area (Å²) in [6.45, 7) is 5.03. The molecule has 1 heterocycles. The van der Waals surface area contributed by atoms with E-state index in [9.17, 15) is 9.59 Å². The highest BCUT2D eigenvalue weighted by atomic mass is 16.7. The molecule has 0 spiro atoms. The second-order valence-corrected chi connectivity index (χ2v) is 8.68. The molecule has 0 aromatic carbocycles. The van der Waals surface area contributed by atoms with Crippen molar-refractivity contribution in [2.45, 2.75) is 103 Å². The van der Waals surface area contributed by atoms with E-state index in [0.29, 0.717) is 6.42 Å². The molecule has 2 fully saturated rings. The summed E-state index contributed by atoms with van der Waals surface area (Å²) in [6.07, 6.45) is 22.3. The standard InChI is InChI=1S/C26H40O5/c1-3-4-5-6-7-8-9-10-13-21(2)15-16-22-18-23(19-24(22)31-25(28)20-27)30-26-14-11-12-17-29-26/h9-10,13,15-16,20,22-24,26H,3-8,11-12,14,17-19H2,1-2H3/b10-9+,16-15+,21-13+/t22-,23+,24-,26?/m0/s1. The van der Waals surface area contributed by atoms with Gasteiger partial charge in [-0.2, -0.15) is 0 Å². The number of unbranched alkanes of at least 4 members (excludes halogenated alkanes) is 5. The van der Waals surface area contributed by atoms with E-state index in [0.717, 1.165) is 44.3 Å². The summed E-state index contributed by atoms with van der Waals surface area (Å²) in [5.41, 5.74) is 1.14. The van der Waals surface area contributed by atoms with Gasteiger partial charge in [-0.1, -0.05) is 68.6 Å². The molecule has 4 atom stereocenters. The molecule has 0 aromatic heterocycles. The third kappa shape index (κ3) is 10.4. The summed E-state index contributed by atoms with van der Waals surface area (Å²) in [4.78, 5) is 22.3. The van der Waals surface area contributed by atoms with E-state index in [-0.39, 0.29) is 30.7 Å². The van der Waals surface area contributed by atoms with Gasteiger partial charge in [0.25, 0.3) is 0 Å². The van der Waals surface area contributed by atoms with Crippen LogP contribution in [-0.4, -0.2) is 37.4 Å². The van der Waals surface area contributed by atoms with Gasteiger partial charge in [-0.25, -0.2) is 4.79 Å². The zero-order valence-electron chi connectivity index (χ0n) is 19.3. The van der Waals surface area contributed by atoms with E-state index >= 15 is 0 Å². The number of hydrogen-bond donors (Lipinski definition) is 0. The van der Waals surface area contributed by atoms with Crippen molar-refractivity contribution in [1.82, 2.24) is 0 Å². The van der Waals surface area contributed by atoms with Gasteiger partial charge >= 0.3 is 5.97 Å². The Morgan fingerprint density at radius 2 is 1.97 bits per heavy atom. The van der Waals surface area contributed by atoms with Crippen molar-refractivity contribution in [3.05, 3.63) is 36.0 Å². The summed E-state index contributed by atoms with van der Waals surface area (Å²) in [6, 6.07) is 0. The molecule has 0 amide bonds. The predicted octanol–water partition coefficient (Wildman–Crippen LogP) is 5.84. The van der Waals surface area contributed by atoms with Crippen LogP contribution in [0, 0.1) is 5.92 Å². The number of carbonyl (C=O) groups excluding carboxylic acids is 2. The number of carbonyl (C=O) groups is 2. The first-order valence-electron chi connectivity index (χ1n) is 12.1. The van der Waals surface area contributed by atoms with Gasteiger partial charge in [0.2, 0.25) is 6.29 Å². The average Bonchev–Trinajstić information content (AvgIpc) is 3.15. The number of allylic oxidation sites excluding steroid dienone is 5. The minimum Gasteiger partial charge on any atom is -0.456 e. The molecule has 0 bridgehead atoms. The summed E-state index contributed by atoms with van der Waals surface area (Å²) in [7, 11) is 0. The van der Waals surface area contributed by atoms with Gasteiger partial charge in [0.05, 0.1) is 6.10 Å². The fourth-order valence-corrected chi connectivity index (χ4v) is 4.16. The lowest BCUT2D eigenvalue weighted by Gasteiger charge is -2.25. The number of hydrogen-bond acceptors (Lipinski definition) is 5. The summed E-state index contributed by atoms with van der Waals surface area (Å²) in [5, 5.41) is 0. The highest BCUT2D eigenvalue weighted by molar-refractivity contribution is 6.20. The Bertz CT molecular complexity index is 615. The molecule has 31 heavy (non-hydrogen) atoms. The molecule has 1 saturated carbocycles. The van der Waals surface area contributed by atoms with Crippen molar-refractivity contribution >= 4 is 12.3 Å². The normalized spacial score (nSPS) is 27.2. The zero-order chi connectivity index (χ0) is 22.3. The van der Waals surface area contributed by atoms with Crippen molar-refractivity contribution in [2.75, 3.05) is 6.61 Å². The van der Waals surface area contributed by atoms with Crippen LogP contribution in [0.5, 0.6) is 0 Å². The van der Waals surface area contributed by atoms with Crippen LogP contribution in [0.25, 0.3) is 0 Å². The predicted molar refractivity (Wildman–Crippen MR) is 123 cm³/mol. The third-order valence-corrected chi connectivity index (χ3v) is 5.93. The Kier molecular flexibility index (Phi) is 12.5. The molecule has 2 rings (SSSR count). The van der Waals surface area contributed by atoms with E-state index in [1.165, 1.54) is 32.1 Å². The smallest absolute Gasteiger partial charge is 0.371 e. The lowest BCUT2D eigenvalue weighted by atomic mass is 10.0. The van der Waals surface area contributed by atoms with Gasteiger partial charge in [0, 0.05) is 18.9 Å². The van der Waals surface area contributed by atoms with Crippen LogP contribution in [0.1, 0.15) is 84.5 Å². The molecule has 1 aliphatic carbocycles. The van der Waals surface area contributed by atoms with Gasteiger partial charge in [-0.3, -0.25) is 4.79 Å². The van der Waals surface area contributed by atoms with Gasteiger partial charge in [0.15, 0.2) is 6.29 Å². The molecular formula is C26H40O5. The van der Waals surface area contributed by atoms with E-state index in [1.54, 1.807) is 0 Å². The lowest BCUT2D eigenvalue weighted by Crippen LogP contribution is -2.27. The van der Waals surface area contributed by atoms with Crippen molar-refractivity contribution < 1.29 is 23.8 Å². The lowest BCUT2D eigenvalue weighted by molar-refractivity contribution is -0.188. The number of ether oxygens (including phenoxy) is 3. The van der Waals surface area contributed by atoms with Gasteiger partial charge in [0.1, 0.15) is 6.10 Å². The van der Waals surface area contributed by atoms with Crippen LogP contribution < -0.4 is 0 Å². The molecule has 0 radical (unpaired) electrons. The molecule has 1 unspecified atom stereocenters. The maximum Gasteiger partial charge on any atom is 0.371 e. The highest BCUT2D eigenvalue weighted by Gasteiger charge is 2.37. The monoisotopic (exact) mass is 432 g/mol. The van der Waals surface area contributed by atoms with Crippen LogP contribution in [0.4, 0.5) is 0 Å². The van der Waals surface area contributed by atoms with Crippen LogP contribution in [0.3, 0.4) is 0 Å². The molecule has 174 valence electrons. The third-order valence-electron chi connectivity index (χ3n) is 5.93. The molecule has 5 nitrogen and oxygen atoms in total. The van der Waals surface area contributed by atoms with Gasteiger partial charge < -0.3 is 14.2 Å². The summed E-state index contributed by atoms with van der Waals surface area (Å²) >= 11 is 0. The Hall–Kier alpha value is -1.72. The molecular weight excluding hydrogens is 392 g/mol. The first-order valence-corrected chi connectivity index (χ1v) is 12.1. The number of aldehydes is 1. The first kappa shape index (κ1) is 25.5. The molecule has 0 aromatic rings. The van der Waals surface area contributed by atoms with Crippen LogP contribution in [0.15, 0.2) is 36.0 Å². The van der Waals surface area contributed by atoms with Crippen molar-refractivity contribution in [2.24, 2.45) is 5.92 Å². The van der Waals surface area contributed by atoms with Crippen molar-refractivity contribution in [3.8, 4) is 0 Å². The van der Waals surface area contributed by atoms with E-state index < -0.39 is 5.97 Å². The second-order valence-electron chi connectivity index (χ2n) is 8.68. The maximum atomic E-state index is 11.5. The quantitative estimate of drug-likeness (QED) is 0.120. The summed E-state index contributed by atoms with van der Waals surface area (Å²) in [5.74, 6) is -0.782. The van der Waals surface area contributed by atoms with Crippen LogP contribution in [0.2, 0.25) is 0 Å². The molecule has 2 aliphatic rings. The van der Waals surface area contributed by atoms with Crippen LogP contribution in [-0.2, 0) is 23.8 Å². The largest absolute Gasteiger partial charge is 0.456 e. The van der Waals surface area contributed by atoms with E-state index in [2.05, 4.69) is 44.2 Å². The maximum absolute atomic E-state index is 11.5. The fourth-order valence-electron chi connectivity index (χ4n) is 4.16. The first-order chi connectivity index (χ1) is 15.1. The van der Waals surface area contributed by atoms with E-state index in [4.69, 9.17) is 14.2 Å². The van der Waals surface area contributed by atoms with Gasteiger partial charge in [-0.15, -0.1) is 0 Å². The molecule has 1 saturated heterocycles. The van der Waals surface area contributed by atoms with Crippen LogP contribution >= 0.6 is 0 Å². The number of rotatable bonds is 13. The van der Waals surface area contributed by atoms with Crippen molar-refractivity contribution in [3.63, 3.8) is 0 Å². The second kappa shape index (κ2) is 15.1. The Labute approximate surface area is 187 Å². The fraction of sp³-hybridized carbons (Fsp3) is 0.692. The highest BCUT2D eigenvalue weighted by Crippen LogP contribution is 2.34. The SMILES string of the molecule is CCCCCCC/C=C/C=C(C)/C=C/[C@H]1C[C@@H](OC2CCCCO2)C[C@@H]1OC(=O)C=O. The topological polar surface area (TPSA) is 61.8 Å². The Morgan fingerprint density at radius 3 is 2.71 bits per heavy atom.